The number of hydrogen-bond donors (Lipinski definition) is 0. The first-order valence-corrected chi connectivity index (χ1v) is 10.8. The number of non-ortho nitro benzene ring substituents is 2. The van der Waals surface area contributed by atoms with E-state index in [1.165, 1.54) is 9.36 Å². The maximum absolute atomic E-state index is 13.2. The van der Waals surface area contributed by atoms with Crippen LogP contribution in [0.5, 0.6) is 0 Å². The average molecular weight is 489 g/mol. The lowest BCUT2D eigenvalue weighted by Crippen LogP contribution is -2.29. The zero-order valence-electron chi connectivity index (χ0n) is 18.3. The molecular formula is C23H15N5O8. The second-order valence-electron chi connectivity index (χ2n) is 8.69. The predicted molar refractivity (Wildman–Crippen MR) is 123 cm³/mol. The molecule has 1 aromatic heterocycles. The average Bonchev–Trinajstić information content (AvgIpc) is 3.29. The van der Waals surface area contributed by atoms with Crippen molar-refractivity contribution in [1.82, 2.24) is 13.9 Å². The molecule has 1 spiro atoms. The Hall–Kier alpha value is -5.07. The number of allylic oxidation sites excluding steroid dienone is 4. The van der Waals surface area contributed by atoms with Crippen LogP contribution in [0.2, 0.25) is 0 Å². The van der Waals surface area contributed by atoms with E-state index in [1.54, 1.807) is 42.5 Å². The van der Waals surface area contributed by atoms with Crippen molar-refractivity contribution in [3.8, 4) is 5.69 Å². The number of nitro groups is 2. The Morgan fingerprint density at radius 1 is 0.944 bits per heavy atom. The summed E-state index contributed by atoms with van der Waals surface area (Å²) in [6.07, 6.45) is 4.04. The van der Waals surface area contributed by atoms with Gasteiger partial charge in [-0.2, -0.15) is 9.36 Å². The zero-order chi connectivity index (χ0) is 25.4. The number of carbonyl (C=O) groups excluding carboxylic acids is 1. The number of para-hydroxylation sites is 1. The van der Waals surface area contributed by atoms with Gasteiger partial charge in [0.15, 0.2) is 0 Å². The molecule has 1 fully saturated rings. The SMILES string of the molecule is O=C(OC[C@H]1CC12C1=CC=C2n2c(=O)n(-c3ccccc3)c(=O)n21)c1cc([N+](=O)[O-])cc([N+](=O)[O-])c1. The number of hydrogen-bond acceptors (Lipinski definition) is 8. The zero-order valence-corrected chi connectivity index (χ0v) is 18.3. The largest absolute Gasteiger partial charge is 0.462 e. The van der Waals surface area contributed by atoms with Crippen LogP contribution in [-0.2, 0) is 4.74 Å². The first-order valence-electron chi connectivity index (χ1n) is 10.8. The van der Waals surface area contributed by atoms with E-state index in [2.05, 4.69) is 0 Å². The Morgan fingerprint density at radius 2 is 1.50 bits per heavy atom. The van der Waals surface area contributed by atoms with Crippen molar-refractivity contribution < 1.29 is 19.4 Å². The Balaban J connectivity index is 1.24. The normalized spacial score (nSPS) is 17.9. The van der Waals surface area contributed by atoms with Gasteiger partial charge in [-0.3, -0.25) is 20.2 Å². The summed E-state index contributed by atoms with van der Waals surface area (Å²) in [4.78, 5) is 59.4. The van der Waals surface area contributed by atoms with E-state index in [-0.39, 0.29) is 18.1 Å². The fraction of sp³-hybridized carbons (Fsp3) is 0.174. The molecule has 3 aromatic rings. The van der Waals surface area contributed by atoms with E-state index in [1.807, 2.05) is 0 Å². The second-order valence-corrected chi connectivity index (χ2v) is 8.69. The van der Waals surface area contributed by atoms with Gasteiger partial charge in [-0.25, -0.2) is 19.0 Å². The third kappa shape index (κ3) is 2.79. The molecule has 0 amide bonds. The molecule has 6 rings (SSSR count). The molecule has 0 radical (unpaired) electrons. The van der Waals surface area contributed by atoms with E-state index >= 15 is 0 Å². The van der Waals surface area contributed by atoms with Gasteiger partial charge in [-0.05, 0) is 30.7 Å². The van der Waals surface area contributed by atoms with Crippen LogP contribution in [0.4, 0.5) is 11.4 Å². The van der Waals surface area contributed by atoms with Crippen LogP contribution in [0.1, 0.15) is 16.8 Å². The summed E-state index contributed by atoms with van der Waals surface area (Å²) in [5, 5.41) is 22.2. The minimum atomic E-state index is -0.944. The molecule has 180 valence electrons. The summed E-state index contributed by atoms with van der Waals surface area (Å²) >= 11 is 0. The molecule has 1 saturated carbocycles. The summed E-state index contributed by atoms with van der Waals surface area (Å²) in [5.74, 6) is -1.19. The van der Waals surface area contributed by atoms with Crippen molar-refractivity contribution in [1.29, 1.82) is 0 Å². The van der Waals surface area contributed by atoms with Crippen molar-refractivity contribution in [3.63, 3.8) is 0 Å². The van der Waals surface area contributed by atoms with Crippen LogP contribution in [0.25, 0.3) is 17.1 Å². The molecule has 2 heterocycles. The smallest absolute Gasteiger partial charge is 0.356 e. The molecule has 36 heavy (non-hydrogen) atoms. The van der Waals surface area contributed by atoms with Gasteiger partial charge in [-0.1, -0.05) is 18.2 Å². The van der Waals surface area contributed by atoms with Crippen LogP contribution in [0, 0.1) is 31.6 Å². The first kappa shape index (κ1) is 21.5. The number of fused-ring (bicyclic) bond motifs is 3. The molecule has 0 saturated heterocycles. The van der Waals surface area contributed by atoms with E-state index in [0.717, 1.165) is 22.8 Å². The van der Waals surface area contributed by atoms with Gasteiger partial charge in [0.05, 0.1) is 50.6 Å². The first-order chi connectivity index (χ1) is 17.2. The lowest BCUT2D eigenvalue weighted by Gasteiger charge is -2.10. The highest BCUT2D eigenvalue weighted by molar-refractivity contribution is 5.91. The Labute approximate surface area is 200 Å². The Bertz CT molecular complexity index is 1610. The molecule has 3 aliphatic rings. The van der Waals surface area contributed by atoms with Crippen molar-refractivity contribution in [3.05, 3.63) is 107 Å². The lowest BCUT2D eigenvalue weighted by atomic mass is 10.0. The van der Waals surface area contributed by atoms with Crippen LogP contribution in [0.15, 0.2) is 70.3 Å². The molecule has 2 bridgehead atoms. The molecule has 0 N–H and O–H groups in total. The number of aromatic nitrogens is 3. The monoisotopic (exact) mass is 489 g/mol. The molecule has 2 aromatic carbocycles. The van der Waals surface area contributed by atoms with Crippen molar-refractivity contribution >= 4 is 28.7 Å². The number of esters is 1. The minimum absolute atomic E-state index is 0.101. The van der Waals surface area contributed by atoms with E-state index in [0.29, 0.717) is 23.5 Å². The van der Waals surface area contributed by atoms with E-state index in [9.17, 15) is 34.6 Å². The van der Waals surface area contributed by atoms with Crippen molar-refractivity contribution in [2.24, 2.45) is 11.3 Å². The third-order valence-electron chi connectivity index (χ3n) is 6.81. The van der Waals surface area contributed by atoms with Crippen molar-refractivity contribution in [2.75, 3.05) is 6.61 Å². The van der Waals surface area contributed by atoms with Gasteiger partial charge in [0.2, 0.25) is 0 Å². The lowest BCUT2D eigenvalue weighted by molar-refractivity contribution is -0.394. The van der Waals surface area contributed by atoms with Crippen molar-refractivity contribution in [2.45, 2.75) is 6.42 Å². The minimum Gasteiger partial charge on any atom is -0.462 e. The fourth-order valence-electron chi connectivity index (χ4n) is 5.11. The number of carbonyl (C=O) groups is 1. The van der Waals surface area contributed by atoms with E-state index in [4.69, 9.17) is 4.74 Å². The number of nitrogens with zero attached hydrogens (tertiary/aromatic N) is 5. The number of nitro benzene ring substituents is 2. The molecule has 13 nitrogen and oxygen atoms in total. The molecule has 0 unspecified atom stereocenters. The van der Waals surface area contributed by atoms with Gasteiger partial charge in [-0.15, -0.1) is 0 Å². The third-order valence-corrected chi connectivity index (χ3v) is 6.81. The quantitative estimate of drug-likeness (QED) is 0.289. The molecular weight excluding hydrogens is 474 g/mol. The van der Waals surface area contributed by atoms with Gasteiger partial charge in [0.25, 0.3) is 11.4 Å². The number of benzene rings is 2. The summed E-state index contributed by atoms with van der Waals surface area (Å²) in [6, 6.07) is 11.2. The Kier molecular flexibility index (Phi) is 4.30. The van der Waals surface area contributed by atoms with Crippen LogP contribution in [-0.4, -0.2) is 36.4 Å². The summed E-state index contributed by atoms with van der Waals surface area (Å²) < 4.78 is 9.09. The molecule has 13 heteroatoms. The topological polar surface area (TPSA) is 162 Å². The Morgan fingerprint density at radius 3 is 2.03 bits per heavy atom. The second kappa shape index (κ2) is 7.21. The standard InChI is InChI=1S/C23H15N5O8/c29-20(13-8-16(27(32)33)10-17(9-13)28(34)35)36-12-14-11-23(14)18-6-7-19(23)26-22(31)24(21(30)25(18)26)15-4-2-1-3-5-15/h1-10,14H,11-12H2/t14-/m1/s1. The number of rotatable bonds is 6. The fourth-order valence-corrected chi connectivity index (χ4v) is 5.11. The maximum atomic E-state index is 13.2. The predicted octanol–water partition coefficient (Wildman–Crippen LogP) is 2.19. The molecule has 1 atom stereocenters. The van der Waals surface area contributed by atoms with Gasteiger partial charge >= 0.3 is 17.3 Å². The van der Waals surface area contributed by atoms with Crippen LogP contribution in [0.3, 0.4) is 0 Å². The van der Waals surface area contributed by atoms with Crippen LogP contribution >= 0.6 is 0 Å². The van der Waals surface area contributed by atoms with Gasteiger partial charge < -0.3 is 4.74 Å². The highest BCUT2D eigenvalue weighted by atomic mass is 16.6. The van der Waals surface area contributed by atoms with Crippen LogP contribution < -0.4 is 11.4 Å². The molecule has 2 aliphatic carbocycles. The van der Waals surface area contributed by atoms with E-state index < -0.39 is 44.0 Å². The highest BCUT2D eigenvalue weighted by Crippen LogP contribution is 2.69. The molecule has 1 aliphatic heterocycles. The summed E-state index contributed by atoms with van der Waals surface area (Å²) in [6.45, 7) is -0.101. The van der Waals surface area contributed by atoms with Gasteiger partial charge in [0, 0.05) is 18.1 Å². The van der Waals surface area contributed by atoms with Gasteiger partial charge in [0.1, 0.15) is 0 Å². The highest BCUT2D eigenvalue weighted by Gasteiger charge is 2.67. The summed E-state index contributed by atoms with van der Waals surface area (Å²) in [7, 11) is 0. The number of ether oxygens (including phenoxy) is 1. The maximum Gasteiger partial charge on any atom is 0.356 e. The summed E-state index contributed by atoms with van der Waals surface area (Å²) in [5.41, 5.74) is -1.51.